The normalized spacial score (nSPS) is 15.0. The first-order chi connectivity index (χ1) is 13.6. The maximum absolute atomic E-state index is 12.9. The molecule has 0 spiro atoms. The lowest BCUT2D eigenvalue weighted by atomic mass is 10.1. The molecule has 144 valence electrons. The van der Waals surface area contributed by atoms with Gasteiger partial charge in [-0.1, -0.05) is 6.07 Å². The van der Waals surface area contributed by atoms with E-state index < -0.39 is 0 Å². The van der Waals surface area contributed by atoms with Gasteiger partial charge in [0.05, 0.1) is 17.1 Å². The van der Waals surface area contributed by atoms with E-state index in [-0.39, 0.29) is 5.91 Å². The highest BCUT2D eigenvalue weighted by Gasteiger charge is 2.22. The van der Waals surface area contributed by atoms with Gasteiger partial charge in [0, 0.05) is 50.2 Å². The molecule has 0 radical (unpaired) electrons. The van der Waals surface area contributed by atoms with E-state index >= 15 is 0 Å². The molecular formula is C22H25N5O. The van der Waals surface area contributed by atoms with Gasteiger partial charge in [0.2, 0.25) is 0 Å². The van der Waals surface area contributed by atoms with Crippen LogP contribution in [0.2, 0.25) is 0 Å². The summed E-state index contributed by atoms with van der Waals surface area (Å²) in [5, 5.41) is 4.50. The fourth-order valence-corrected chi connectivity index (χ4v) is 3.65. The summed E-state index contributed by atoms with van der Waals surface area (Å²) in [4.78, 5) is 21.5. The predicted octanol–water partition coefficient (Wildman–Crippen LogP) is 2.84. The van der Waals surface area contributed by atoms with Crippen LogP contribution in [0, 0.1) is 13.8 Å². The highest BCUT2D eigenvalue weighted by atomic mass is 16.2. The van der Waals surface area contributed by atoms with Crippen molar-refractivity contribution in [2.75, 3.05) is 26.2 Å². The van der Waals surface area contributed by atoms with Crippen LogP contribution in [0.4, 0.5) is 0 Å². The lowest BCUT2D eigenvalue weighted by Gasteiger charge is -2.34. The Balaban J connectivity index is 1.37. The minimum Gasteiger partial charge on any atom is -0.336 e. The van der Waals surface area contributed by atoms with Crippen molar-refractivity contribution in [3.05, 3.63) is 77.4 Å². The summed E-state index contributed by atoms with van der Waals surface area (Å²) in [6, 6.07) is 15.8. The zero-order valence-corrected chi connectivity index (χ0v) is 16.4. The summed E-state index contributed by atoms with van der Waals surface area (Å²) < 4.78 is 1.90. The van der Waals surface area contributed by atoms with Gasteiger partial charge in [-0.15, -0.1) is 0 Å². The fraction of sp³-hybridized carbons (Fsp3) is 0.318. The molecule has 1 aliphatic heterocycles. The van der Waals surface area contributed by atoms with E-state index in [4.69, 9.17) is 0 Å². The number of rotatable bonds is 4. The molecule has 1 aliphatic rings. The number of carbonyl (C=O) groups excluding carboxylic acids is 1. The minimum absolute atomic E-state index is 0.0948. The molecule has 1 aromatic carbocycles. The summed E-state index contributed by atoms with van der Waals surface area (Å²) in [6.45, 7) is 8.06. The first-order valence-electron chi connectivity index (χ1n) is 9.65. The topological polar surface area (TPSA) is 54.3 Å². The Morgan fingerprint density at radius 2 is 1.75 bits per heavy atom. The van der Waals surface area contributed by atoms with Crippen molar-refractivity contribution >= 4 is 5.91 Å². The van der Waals surface area contributed by atoms with Crippen LogP contribution >= 0.6 is 0 Å². The van der Waals surface area contributed by atoms with E-state index in [0.29, 0.717) is 0 Å². The first-order valence-corrected chi connectivity index (χ1v) is 9.65. The Kier molecular flexibility index (Phi) is 5.21. The monoisotopic (exact) mass is 375 g/mol. The zero-order chi connectivity index (χ0) is 19.5. The summed E-state index contributed by atoms with van der Waals surface area (Å²) in [5.74, 6) is 0.0948. The van der Waals surface area contributed by atoms with Gasteiger partial charge in [-0.25, -0.2) is 4.68 Å². The number of amides is 1. The van der Waals surface area contributed by atoms with Crippen LogP contribution in [-0.2, 0) is 6.54 Å². The van der Waals surface area contributed by atoms with Crippen molar-refractivity contribution in [2.24, 2.45) is 0 Å². The number of aryl methyl sites for hydroxylation is 2. The standard InChI is InChI=1S/C22H25N5O/c1-17-15-18(2)27(24-17)21-8-6-19(7-9-21)22(28)26-13-11-25(12-14-26)16-20-5-3-4-10-23-20/h3-10,15H,11-14,16H2,1-2H3. The summed E-state index contributed by atoms with van der Waals surface area (Å²) in [6.07, 6.45) is 1.82. The number of hydrogen-bond acceptors (Lipinski definition) is 4. The van der Waals surface area contributed by atoms with Gasteiger partial charge in [0.1, 0.15) is 0 Å². The Morgan fingerprint density at radius 1 is 1.00 bits per heavy atom. The van der Waals surface area contributed by atoms with Crippen LogP contribution in [0.15, 0.2) is 54.7 Å². The maximum atomic E-state index is 12.9. The SMILES string of the molecule is Cc1cc(C)n(-c2ccc(C(=O)N3CCN(Cc4ccccn4)CC3)cc2)n1. The molecular weight excluding hydrogens is 350 g/mol. The molecule has 2 aromatic heterocycles. The Hall–Kier alpha value is -2.99. The van der Waals surface area contributed by atoms with Gasteiger partial charge in [-0.3, -0.25) is 14.7 Å². The van der Waals surface area contributed by atoms with Crippen LogP contribution in [-0.4, -0.2) is 56.7 Å². The molecule has 1 amide bonds. The molecule has 0 bridgehead atoms. The van der Waals surface area contributed by atoms with E-state index in [9.17, 15) is 4.79 Å². The van der Waals surface area contributed by atoms with Crippen molar-refractivity contribution in [3.63, 3.8) is 0 Å². The molecule has 4 rings (SSSR count). The van der Waals surface area contributed by atoms with Gasteiger partial charge >= 0.3 is 0 Å². The van der Waals surface area contributed by atoms with Gasteiger partial charge in [-0.05, 0) is 56.3 Å². The molecule has 1 saturated heterocycles. The molecule has 28 heavy (non-hydrogen) atoms. The number of nitrogens with zero attached hydrogens (tertiary/aromatic N) is 5. The number of benzene rings is 1. The molecule has 0 unspecified atom stereocenters. The largest absolute Gasteiger partial charge is 0.336 e. The molecule has 0 aliphatic carbocycles. The van der Waals surface area contributed by atoms with E-state index in [0.717, 1.165) is 61.1 Å². The fourth-order valence-electron chi connectivity index (χ4n) is 3.65. The van der Waals surface area contributed by atoms with Crippen LogP contribution < -0.4 is 0 Å². The third kappa shape index (κ3) is 3.97. The zero-order valence-electron chi connectivity index (χ0n) is 16.4. The smallest absolute Gasteiger partial charge is 0.253 e. The Morgan fingerprint density at radius 3 is 2.36 bits per heavy atom. The van der Waals surface area contributed by atoms with E-state index in [1.807, 2.05) is 78.2 Å². The molecule has 1 fully saturated rings. The van der Waals surface area contributed by atoms with Crippen molar-refractivity contribution in [3.8, 4) is 5.69 Å². The van der Waals surface area contributed by atoms with Crippen LogP contribution in [0.3, 0.4) is 0 Å². The van der Waals surface area contributed by atoms with Crippen LogP contribution in [0.25, 0.3) is 5.69 Å². The minimum atomic E-state index is 0.0948. The van der Waals surface area contributed by atoms with E-state index in [1.165, 1.54) is 0 Å². The van der Waals surface area contributed by atoms with Gasteiger partial charge in [0.25, 0.3) is 5.91 Å². The van der Waals surface area contributed by atoms with Gasteiger partial charge in [0.15, 0.2) is 0 Å². The second-order valence-corrected chi connectivity index (χ2v) is 7.28. The highest BCUT2D eigenvalue weighted by molar-refractivity contribution is 5.94. The first kappa shape index (κ1) is 18.4. The van der Waals surface area contributed by atoms with Crippen molar-refractivity contribution < 1.29 is 4.79 Å². The van der Waals surface area contributed by atoms with Crippen LogP contribution in [0.1, 0.15) is 27.4 Å². The highest BCUT2D eigenvalue weighted by Crippen LogP contribution is 2.15. The second-order valence-electron chi connectivity index (χ2n) is 7.28. The Bertz CT molecular complexity index is 941. The molecule has 6 nitrogen and oxygen atoms in total. The lowest BCUT2D eigenvalue weighted by Crippen LogP contribution is -2.48. The molecule has 3 aromatic rings. The van der Waals surface area contributed by atoms with Crippen molar-refractivity contribution in [2.45, 2.75) is 20.4 Å². The number of pyridine rings is 1. The summed E-state index contributed by atoms with van der Waals surface area (Å²) in [5.41, 5.74) is 4.84. The maximum Gasteiger partial charge on any atom is 0.253 e. The quantitative estimate of drug-likeness (QED) is 0.704. The summed E-state index contributed by atoms with van der Waals surface area (Å²) >= 11 is 0. The molecule has 0 saturated carbocycles. The number of piperazine rings is 1. The third-order valence-corrected chi connectivity index (χ3v) is 5.14. The summed E-state index contributed by atoms with van der Waals surface area (Å²) in [7, 11) is 0. The molecule has 3 heterocycles. The van der Waals surface area contributed by atoms with Gasteiger partial charge in [-0.2, -0.15) is 5.10 Å². The lowest BCUT2D eigenvalue weighted by molar-refractivity contribution is 0.0627. The molecule has 0 N–H and O–H groups in total. The van der Waals surface area contributed by atoms with Gasteiger partial charge < -0.3 is 4.90 Å². The Labute approximate surface area is 165 Å². The predicted molar refractivity (Wildman–Crippen MR) is 108 cm³/mol. The average molecular weight is 375 g/mol. The van der Waals surface area contributed by atoms with E-state index in [1.54, 1.807) is 0 Å². The van der Waals surface area contributed by atoms with E-state index in [2.05, 4.69) is 15.0 Å². The van der Waals surface area contributed by atoms with Crippen molar-refractivity contribution in [1.82, 2.24) is 24.6 Å². The van der Waals surface area contributed by atoms with Crippen molar-refractivity contribution in [1.29, 1.82) is 0 Å². The third-order valence-electron chi connectivity index (χ3n) is 5.14. The molecule has 6 heteroatoms. The number of aromatic nitrogens is 3. The second kappa shape index (κ2) is 7.94. The average Bonchev–Trinajstić information content (AvgIpc) is 3.07. The van der Waals surface area contributed by atoms with Crippen LogP contribution in [0.5, 0.6) is 0 Å². The number of carbonyl (C=O) groups is 1. The molecule has 0 atom stereocenters. The number of hydrogen-bond donors (Lipinski definition) is 0.